The van der Waals surface area contributed by atoms with Crippen LogP contribution in [-0.2, 0) is 4.84 Å². The molecule has 1 saturated heterocycles. The maximum absolute atomic E-state index is 14.0. The minimum Gasteiger partial charge on any atom is -0.496 e. The molecule has 2 aromatic carbocycles. The Labute approximate surface area is 200 Å². The van der Waals surface area contributed by atoms with E-state index < -0.39 is 17.5 Å². The summed E-state index contributed by atoms with van der Waals surface area (Å²) < 4.78 is 47.1. The number of aromatic nitrogens is 2. The lowest BCUT2D eigenvalue weighted by Crippen LogP contribution is -2.39. The molecule has 0 amide bonds. The highest BCUT2D eigenvalue weighted by atomic mass is 19.2. The summed E-state index contributed by atoms with van der Waals surface area (Å²) >= 11 is 0. The zero-order valence-electron chi connectivity index (χ0n) is 19.0. The number of halogens is 3. The van der Waals surface area contributed by atoms with E-state index >= 15 is 0 Å². The van der Waals surface area contributed by atoms with Gasteiger partial charge in [-0.05, 0) is 65.9 Å². The third-order valence-corrected chi connectivity index (χ3v) is 6.27. The molecule has 9 heteroatoms. The second-order valence-corrected chi connectivity index (χ2v) is 8.41. The molecule has 0 saturated carbocycles. The van der Waals surface area contributed by atoms with Gasteiger partial charge in [-0.2, -0.15) is 10.2 Å². The van der Waals surface area contributed by atoms with Crippen molar-refractivity contribution < 1.29 is 22.7 Å². The molecule has 2 aliphatic heterocycles. The van der Waals surface area contributed by atoms with Gasteiger partial charge < -0.3 is 14.5 Å². The van der Waals surface area contributed by atoms with Crippen LogP contribution < -0.4 is 4.74 Å². The van der Waals surface area contributed by atoms with E-state index in [0.29, 0.717) is 30.1 Å². The highest BCUT2D eigenvalue weighted by molar-refractivity contribution is 6.02. The molecule has 0 aliphatic carbocycles. The summed E-state index contributed by atoms with van der Waals surface area (Å²) in [7, 11) is 1.61. The fourth-order valence-electron chi connectivity index (χ4n) is 4.62. The molecule has 0 radical (unpaired) electrons. The summed E-state index contributed by atoms with van der Waals surface area (Å²) in [6.45, 7) is 0.920. The zero-order valence-corrected chi connectivity index (χ0v) is 19.0. The lowest BCUT2D eigenvalue weighted by molar-refractivity contribution is 0.140. The van der Waals surface area contributed by atoms with Crippen molar-refractivity contribution in [2.75, 3.05) is 20.3 Å². The SMILES string of the molecule is COc1cc(/C=C2\CCCN3C2=NOCCC3c2cc(F)c(F)c(F)c2)ccc1-c1ccnnc1. The van der Waals surface area contributed by atoms with Crippen LogP contribution in [0.5, 0.6) is 5.75 Å². The van der Waals surface area contributed by atoms with Crippen LogP contribution in [0, 0.1) is 17.5 Å². The molecule has 5 rings (SSSR count). The van der Waals surface area contributed by atoms with Crippen molar-refractivity contribution in [3.05, 3.63) is 82.9 Å². The van der Waals surface area contributed by atoms with E-state index in [9.17, 15) is 13.2 Å². The molecular formula is C26H23F3N4O2. The Balaban J connectivity index is 1.49. The zero-order chi connectivity index (χ0) is 24.4. The van der Waals surface area contributed by atoms with Gasteiger partial charge in [0.05, 0.1) is 25.5 Å². The van der Waals surface area contributed by atoms with Crippen molar-refractivity contribution >= 4 is 11.9 Å². The van der Waals surface area contributed by atoms with Crippen LogP contribution in [0.1, 0.15) is 36.4 Å². The minimum atomic E-state index is -1.47. The number of ether oxygens (including phenoxy) is 1. The van der Waals surface area contributed by atoms with Gasteiger partial charge in [-0.1, -0.05) is 11.2 Å². The molecule has 2 aliphatic rings. The van der Waals surface area contributed by atoms with Gasteiger partial charge in [0.1, 0.15) is 12.4 Å². The number of fused-ring (bicyclic) bond motifs is 1. The first-order chi connectivity index (χ1) is 17.0. The molecule has 0 spiro atoms. The monoisotopic (exact) mass is 480 g/mol. The molecule has 3 heterocycles. The molecular weight excluding hydrogens is 457 g/mol. The second kappa shape index (κ2) is 9.77. The Bertz CT molecular complexity index is 1270. The normalized spacial score (nSPS) is 19.0. The first kappa shape index (κ1) is 22.9. The van der Waals surface area contributed by atoms with Crippen LogP contribution in [0.3, 0.4) is 0 Å². The summed E-state index contributed by atoms with van der Waals surface area (Å²) in [5.41, 5.74) is 3.99. The van der Waals surface area contributed by atoms with E-state index in [-0.39, 0.29) is 12.6 Å². The molecule has 0 N–H and O–H groups in total. The highest BCUT2D eigenvalue weighted by Gasteiger charge is 2.32. The van der Waals surface area contributed by atoms with Gasteiger partial charge in [-0.25, -0.2) is 13.2 Å². The van der Waals surface area contributed by atoms with Gasteiger partial charge in [-0.3, -0.25) is 0 Å². The average Bonchev–Trinajstić information content (AvgIpc) is 3.11. The summed E-state index contributed by atoms with van der Waals surface area (Å²) in [4.78, 5) is 7.48. The minimum absolute atomic E-state index is 0.279. The van der Waals surface area contributed by atoms with Crippen molar-refractivity contribution in [3.63, 3.8) is 0 Å². The van der Waals surface area contributed by atoms with Crippen LogP contribution in [0.25, 0.3) is 17.2 Å². The number of methoxy groups -OCH3 is 1. The van der Waals surface area contributed by atoms with Crippen molar-refractivity contribution in [3.8, 4) is 16.9 Å². The van der Waals surface area contributed by atoms with E-state index in [1.165, 1.54) is 0 Å². The van der Waals surface area contributed by atoms with Crippen molar-refractivity contribution in [1.29, 1.82) is 0 Å². The summed E-state index contributed by atoms with van der Waals surface area (Å²) in [5.74, 6) is -2.56. The second-order valence-electron chi connectivity index (χ2n) is 8.41. The van der Waals surface area contributed by atoms with Gasteiger partial charge in [0.25, 0.3) is 0 Å². The molecule has 6 nitrogen and oxygen atoms in total. The van der Waals surface area contributed by atoms with Crippen molar-refractivity contribution in [1.82, 2.24) is 15.1 Å². The fraction of sp³-hybridized carbons (Fsp3) is 0.269. The van der Waals surface area contributed by atoms with E-state index in [0.717, 1.165) is 47.2 Å². The van der Waals surface area contributed by atoms with E-state index in [1.807, 2.05) is 35.2 Å². The van der Waals surface area contributed by atoms with Crippen LogP contribution in [0.2, 0.25) is 0 Å². The number of benzene rings is 2. The van der Waals surface area contributed by atoms with E-state index in [1.54, 1.807) is 19.5 Å². The van der Waals surface area contributed by atoms with Gasteiger partial charge >= 0.3 is 0 Å². The topological polar surface area (TPSA) is 59.8 Å². The number of oxime groups is 1. The molecule has 1 fully saturated rings. The van der Waals surface area contributed by atoms with Gasteiger partial charge in [0.2, 0.25) is 0 Å². The van der Waals surface area contributed by atoms with Gasteiger partial charge in [-0.15, -0.1) is 0 Å². The highest BCUT2D eigenvalue weighted by Crippen LogP contribution is 2.36. The summed E-state index contributed by atoms with van der Waals surface area (Å²) in [6, 6.07) is 9.46. The molecule has 3 aromatic rings. The molecule has 180 valence electrons. The Morgan fingerprint density at radius 2 is 1.91 bits per heavy atom. The van der Waals surface area contributed by atoms with Crippen LogP contribution in [-0.4, -0.2) is 41.2 Å². The Kier molecular flexibility index (Phi) is 6.39. The van der Waals surface area contributed by atoms with Crippen LogP contribution >= 0.6 is 0 Å². The maximum Gasteiger partial charge on any atom is 0.194 e. The number of amidine groups is 1. The summed E-state index contributed by atoms with van der Waals surface area (Å²) in [6.07, 6.45) is 7.36. The molecule has 1 aromatic heterocycles. The third-order valence-electron chi connectivity index (χ3n) is 6.27. The fourth-order valence-corrected chi connectivity index (χ4v) is 4.62. The smallest absolute Gasteiger partial charge is 0.194 e. The maximum atomic E-state index is 14.0. The number of hydrogen-bond acceptors (Lipinski definition) is 6. The molecule has 35 heavy (non-hydrogen) atoms. The van der Waals surface area contributed by atoms with Crippen molar-refractivity contribution in [2.45, 2.75) is 25.3 Å². The predicted octanol–water partition coefficient (Wildman–Crippen LogP) is 5.52. The van der Waals surface area contributed by atoms with Crippen LogP contribution in [0.4, 0.5) is 13.2 Å². The number of hydrogen-bond donors (Lipinski definition) is 0. The quantitative estimate of drug-likeness (QED) is 0.460. The van der Waals surface area contributed by atoms with E-state index in [4.69, 9.17) is 9.57 Å². The molecule has 1 unspecified atom stereocenters. The van der Waals surface area contributed by atoms with Crippen LogP contribution in [0.15, 0.2) is 59.5 Å². The average molecular weight is 480 g/mol. The number of piperidine rings is 1. The molecule has 0 bridgehead atoms. The Morgan fingerprint density at radius 3 is 2.66 bits per heavy atom. The van der Waals surface area contributed by atoms with Crippen molar-refractivity contribution in [2.24, 2.45) is 5.16 Å². The Hall–Kier alpha value is -3.88. The number of rotatable bonds is 4. The van der Waals surface area contributed by atoms with Gasteiger partial charge in [0.15, 0.2) is 23.3 Å². The third kappa shape index (κ3) is 4.58. The van der Waals surface area contributed by atoms with E-state index in [2.05, 4.69) is 15.4 Å². The Morgan fingerprint density at radius 1 is 1.09 bits per heavy atom. The summed E-state index contributed by atoms with van der Waals surface area (Å²) in [5, 5.41) is 12.1. The largest absolute Gasteiger partial charge is 0.496 e. The molecule has 1 atom stereocenters. The predicted molar refractivity (Wildman–Crippen MR) is 125 cm³/mol. The lowest BCUT2D eigenvalue weighted by atomic mass is 9.94. The standard InChI is InChI=1S/C26H23F3N4O2/c1-34-24-12-16(4-5-20(24)18-6-8-30-31-15-18)11-17-3-2-9-33-23(7-10-35-32-26(17)33)19-13-21(27)25(29)22(28)14-19/h4-6,8,11-15,23H,2-3,7,9-10H2,1H3/b17-11+. The first-order valence-electron chi connectivity index (χ1n) is 11.3. The number of nitrogens with zero attached hydrogens (tertiary/aromatic N) is 4. The first-order valence-corrected chi connectivity index (χ1v) is 11.3. The lowest BCUT2D eigenvalue weighted by Gasteiger charge is -2.36. The van der Waals surface area contributed by atoms with Gasteiger partial charge in [0, 0.05) is 24.1 Å².